The molecule has 9 aliphatic rings. The Bertz CT molecular complexity index is 6060. The lowest BCUT2D eigenvalue weighted by Gasteiger charge is -2.35. The molecule has 0 bridgehead atoms. The van der Waals surface area contributed by atoms with Crippen LogP contribution in [0.2, 0.25) is 0 Å². The lowest BCUT2D eigenvalue weighted by atomic mass is 10.0. The number of carbonyl (C=O) groups is 5. The Labute approximate surface area is 752 Å². The standard InChI is InChI=1S/C21H24F2N4O.C20H16F2N4O.C20H24N4O3.C17H15FN6O.C17H22N6O/c22-7-8-26-10-15-12-27(13-16(15)11-26)21(28)9-20-18(24)5-6-19(25-20)14-1-3-17(23)4-2-14;21-14-3-1-12(2-4-14)17-6-5-16(23)18(25-17)8-20(27)26-10-13-7-15(22)9-24-19(13)11-26;21-16-3-4-17(19-2-1-5-27-19)22-18(16)6-20(25)24-9-13-7-23(8-14(13)10-24)15-11-26-12-15;18-12-6-11-9-23(10-15(11)20-8-12)17(25)7-14-13(19)2-3-16(22-14)24-5-1-4-21-24;1-21-8-12-10-22(11-13(12)9-21)17(24)7-15-14(18)3-4-16(20-15)23-6-2-5-19-23/h1-6,15-16H,7-13,24H2;1-7,9H,8,10-11,23H2;1-5,13-15H,6-12,21H2;1-6,8H,7,9-10,19H2;2-6,12-13H,7-11,18H2,1H3. The number of likely N-dealkylation sites (tertiary alicyclic amines) is 6. The minimum absolute atomic E-state index is 0.0156. The number of carbonyl (C=O) groups excluding carboxylic acids is 5. The van der Waals surface area contributed by atoms with Gasteiger partial charge in [0.05, 0.1) is 163 Å². The highest BCUT2D eigenvalue weighted by atomic mass is 19.1. The molecule has 21 rings (SSSR count). The number of aromatic nitrogens is 11. The largest absolute Gasteiger partial charge is 0.463 e. The number of rotatable bonds is 18. The average molecular weight is 1790 g/mol. The van der Waals surface area contributed by atoms with E-state index < -0.39 is 11.6 Å². The number of nitrogens with zero attached hydrogens (tertiary/aromatic N) is 19. The molecular weight excluding hydrogens is 1680 g/mol. The molecule has 10 aromatic heterocycles. The fourth-order valence-corrected chi connectivity index (χ4v) is 18.5. The Hall–Kier alpha value is -14.0. The van der Waals surface area contributed by atoms with Crippen molar-refractivity contribution in [3.63, 3.8) is 0 Å². The number of hydrogen-bond donors (Lipinski definition) is 5. The van der Waals surface area contributed by atoms with Gasteiger partial charge in [-0.05, 0) is 199 Å². The molecule has 5 amide bonds. The zero-order valence-electron chi connectivity index (χ0n) is 72.2. The molecule has 6 unspecified atom stereocenters. The number of ether oxygens (including phenoxy) is 1. The van der Waals surface area contributed by atoms with Gasteiger partial charge in [0.25, 0.3) is 0 Å². The number of nitrogens with two attached hydrogens (primary N) is 5. The molecule has 7 fully saturated rings. The number of pyridine rings is 7. The van der Waals surface area contributed by atoms with Crippen molar-refractivity contribution >= 4 is 58.0 Å². The van der Waals surface area contributed by atoms with Crippen molar-refractivity contribution in [2.75, 3.05) is 141 Å². The lowest BCUT2D eigenvalue weighted by Crippen LogP contribution is -2.49. The molecule has 6 atom stereocenters. The SMILES string of the molecule is CN1CC2CN(C(=O)Cc3nc(-n4cccn4)ccc3N)CC2C1.Nc1ccc(-c2ccc(F)cc2)nc1CC(=O)N1CC2CN(CCF)CC2C1.Nc1ccc(-c2ccc(F)cc2)nc1CC(=O)N1Cc2cc(F)cnc2C1.Nc1ccc(-c2ccco2)nc1CC(=O)N1CC2CN(C3COC3)CC2C1.Nc1ccc(-n2cccn2)nc1CC(=O)N1Cc2cc(F)cnc2C1. The second-order valence-corrected chi connectivity index (χ2v) is 34.7. The smallest absolute Gasteiger partial charge is 0.229 e. The van der Waals surface area contributed by atoms with Gasteiger partial charge in [0.1, 0.15) is 35.6 Å². The molecule has 0 spiro atoms. The summed E-state index contributed by atoms with van der Waals surface area (Å²) in [6.07, 6.45) is 11.6. The first-order chi connectivity index (χ1) is 63.4. The fraction of sp³-hybridized carbons (Fsp3) is 0.347. The van der Waals surface area contributed by atoms with E-state index >= 15 is 0 Å². The van der Waals surface area contributed by atoms with Crippen LogP contribution < -0.4 is 28.7 Å². The lowest BCUT2D eigenvalue weighted by molar-refractivity contribution is -0.131. The maximum atomic E-state index is 13.3. The number of furan rings is 1. The number of halogens is 5. The van der Waals surface area contributed by atoms with Crippen LogP contribution in [0, 0.1) is 58.8 Å². The fourth-order valence-electron chi connectivity index (χ4n) is 18.5. The van der Waals surface area contributed by atoms with E-state index in [1.807, 2.05) is 51.2 Å². The topological polar surface area (TPSA) is 390 Å². The summed E-state index contributed by atoms with van der Waals surface area (Å²) in [4.78, 5) is 110. The van der Waals surface area contributed by atoms with Crippen molar-refractivity contribution in [3.8, 4) is 45.6 Å². The molecular formula is C95H101F5N24O7. The van der Waals surface area contributed by atoms with E-state index in [-0.39, 0.29) is 79.9 Å². The average Bonchev–Trinajstić information content (AvgIpc) is 1.64. The molecule has 0 radical (unpaired) electrons. The number of alkyl halides is 1. The van der Waals surface area contributed by atoms with Gasteiger partial charge in [-0.15, -0.1) is 0 Å². The molecule has 31 nitrogen and oxygen atoms in total. The summed E-state index contributed by atoms with van der Waals surface area (Å²) < 4.78 is 79.3. The van der Waals surface area contributed by atoms with Crippen LogP contribution in [-0.4, -0.2) is 241 Å². The highest BCUT2D eigenvalue weighted by Gasteiger charge is 2.46. The van der Waals surface area contributed by atoms with Crippen molar-refractivity contribution in [1.82, 2.24) is 93.6 Å². The van der Waals surface area contributed by atoms with E-state index in [0.29, 0.717) is 190 Å². The number of nitrogen functional groups attached to an aromatic ring is 5. The van der Waals surface area contributed by atoms with E-state index in [9.17, 15) is 45.9 Å². The monoisotopic (exact) mass is 1780 g/mol. The van der Waals surface area contributed by atoms with E-state index in [4.69, 9.17) is 37.8 Å². The van der Waals surface area contributed by atoms with Crippen molar-refractivity contribution in [1.29, 1.82) is 0 Å². The summed E-state index contributed by atoms with van der Waals surface area (Å²) in [6, 6.07) is 40.3. The van der Waals surface area contributed by atoms with Gasteiger partial charge in [0, 0.05) is 134 Å². The minimum atomic E-state index is -0.416. The molecule has 0 aliphatic carbocycles. The molecule has 19 heterocycles. The Morgan fingerprint density at radius 2 is 0.779 bits per heavy atom. The second-order valence-electron chi connectivity index (χ2n) is 34.7. The third kappa shape index (κ3) is 21.2. The van der Waals surface area contributed by atoms with Gasteiger partial charge in [0.2, 0.25) is 29.5 Å². The molecule has 12 aromatic rings. The van der Waals surface area contributed by atoms with E-state index in [0.717, 1.165) is 107 Å². The van der Waals surface area contributed by atoms with Crippen LogP contribution in [0.25, 0.3) is 45.6 Å². The summed E-state index contributed by atoms with van der Waals surface area (Å²) in [5.74, 6) is 3.67. The van der Waals surface area contributed by atoms with E-state index in [1.165, 1.54) is 42.6 Å². The Balaban J connectivity index is 0.000000115. The zero-order chi connectivity index (χ0) is 91.1. The summed E-state index contributed by atoms with van der Waals surface area (Å²) >= 11 is 0. The van der Waals surface area contributed by atoms with Gasteiger partial charge in [-0.2, -0.15) is 10.2 Å². The third-order valence-corrected chi connectivity index (χ3v) is 25.6. The van der Waals surface area contributed by atoms with Gasteiger partial charge in [-0.1, -0.05) is 0 Å². The summed E-state index contributed by atoms with van der Waals surface area (Å²) in [5, 5.41) is 8.30. The minimum Gasteiger partial charge on any atom is -0.463 e. The van der Waals surface area contributed by atoms with E-state index in [2.05, 4.69) is 66.8 Å². The number of fused-ring (bicyclic) bond motifs is 5. The number of hydrogen-bond acceptors (Lipinski definition) is 24. The molecule has 0 saturated carbocycles. The van der Waals surface area contributed by atoms with Crippen LogP contribution >= 0.6 is 0 Å². The van der Waals surface area contributed by atoms with Crippen LogP contribution in [0.15, 0.2) is 193 Å². The summed E-state index contributed by atoms with van der Waals surface area (Å²) in [5.41, 5.74) is 41.7. The van der Waals surface area contributed by atoms with Crippen LogP contribution in [0.3, 0.4) is 0 Å². The van der Waals surface area contributed by atoms with Crippen LogP contribution in [0.4, 0.5) is 50.4 Å². The van der Waals surface area contributed by atoms with Crippen molar-refractivity contribution in [2.45, 2.75) is 64.3 Å². The quantitative estimate of drug-likeness (QED) is 0.0502. The highest BCUT2D eigenvalue weighted by Crippen LogP contribution is 2.37. The number of benzene rings is 2. The molecule has 7 saturated heterocycles. The van der Waals surface area contributed by atoms with Crippen molar-refractivity contribution < 1.29 is 55.1 Å². The van der Waals surface area contributed by atoms with Crippen LogP contribution in [0.5, 0.6) is 0 Å². The first kappa shape index (κ1) is 89.0. The molecule has 9 aliphatic heterocycles. The predicted molar refractivity (Wildman–Crippen MR) is 478 cm³/mol. The Morgan fingerprint density at radius 1 is 0.405 bits per heavy atom. The number of amides is 5. The molecule has 36 heteroatoms. The van der Waals surface area contributed by atoms with Gasteiger partial charge < -0.3 is 72.1 Å². The predicted octanol–water partition coefficient (Wildman–Crippen LogP) is 8.60. The van der Waals surface area contributed by atoms with Gasteiger partial charge in [0.15, 0.2) is 17.4 Å². The van der Waals surface area contributed by atoms with Gasteiger partial charge in [-0.25, -0.2) is 46.3 Å². The molecule has 678 valence electrons. The van der Waals surface area contributed by atoms with Crippen LogP contribution in [-0.2, 0) is 87.0 Å². The summed E-state index contributed by atoms with van der Waals surface area (Å²) in [7, 11) is 2.15. The normalized spacial score (nSPS) is 19.4. The van der Waals surface area contributed by atoms with Gasteiger partial charge in [-0.3, -0.25) is 48.8 Å². The Kier molecular flexibility index (Phi) is 26.9. The maximum absolute atomic E-state index is 13.3. The van der Waals surface area contributed by atoms with Crippen molar-refractivity contribution in [3.05, 3.63) is 263 Å². The first-order valence-electron chi connectivity index (χ1n) is 43.7. The molecule has 131 heavy (non-hydrogen) atoms. The summed E-state index contributed by atoms with van der Waals surface area (Å²) in [6.45, 7) is 14.1. The molecule has 10 N–H and O–H groups in total. The van der Waals surface area contributed by atoms with Gasteiger partial charge >= 0.3 is 0 Å². The third-order valence-electron chi connectivity index (χ3n) is 25.6. The van der Waals surface area contributed by atoms with E-state index in [1.54, 1.807) is 123 Å². The zero-order valence-corrected chi connectivity index (χ0v) is 72.2. The number of anilines is 5. The van der Waals surface area contributed by atoms with Crippen molar-refractivity contribution in [2.24, 2.45) is 35.5 Å². The maximum Gasteiger partial charge on any atom is 0.229 e. The first-order valence-corrected chi connectivity index (χ1v) is 43.7. The Morgan fingerprint density at radius 3 is 1.15 bits per heavy atom. The second kappa shape index (κ2) is 39.5. The molecule has 2 aromatic carbocycles. The highest BCUT2D eigenvalue weighted by molar-refractivity contribution is 5.84. The van der Waals surface area contributed by atoms with Crippen LogP contribution in [0.1, 0.15) is 51.0 Å².